The Kier molecular flexibility index (Phi) is 6.49. The van der Waals surface area contributed by atoms with Gasteiger partial charge in [-0.15, -0.1) is 11.3 Å². The number of pyridine rings is 1. The van der Waals surface area contributed by atoms with Crippen LogP contribution in [0.1, 0.15) is 66.3 Å². The molecule has 1 aliphatic heterocycles. The third-order valence-corrected chi connectivity index (χ3v) is 8.21. The lowest BCUT2D eigenvalue weighted by atomic mass is 9.82. The van der Waals surface area contributed by atoms with Gasteiger partial charge in [0.05, 0.1) is 25.7 Å². The SMILES string of the molecule is CCCC(C(=O)OCC)c1c(C)nc2sc3c(c2c1-c1ccc(C)cc1)CCC1(C3)OCCO1. The van der Waals surface area contributed by atoms with E-state index in [4.69, 9.17) is 19.2 Å². The Hall–Kier alpha value is -2.28. The van der Waals surface area contributed by atoms with E-state index in [1.54, 1.807) is 11.3 Å². The summed E-state index contributed by atoms with van der Waals surface area (Å²) in [5.41, 5.74) is 6.77. The van der Waals surface area contributed by atoms with Gasteiger partial charge >= 0.3 is 5.97 Å². The van der Waals surface area contributed by atoms with Crippen molar-refractivity contribution in [2.75, 3.05) is 19.8 Å². The Morgan fingerprint density at radius 1 is 1.18 bits per heavy atom. The minimum atomic E-state index is -0.481. The summed E-state index contributed by atoms with van der Waals surface area (Å²) in [6.45, 7) is 9.83. The highest BCUT2D eigenvalue weighted by Gasteiger charge is 2.42. The summed E-state index contributed by atoms with van der Waals surface area (Å²) >= 11 is 1.75. The second-order valence-corrected chi connectivity index (χ2v) is 10.5. The predicted octanol–water partition coefficient (Wildman–Crippen LogP) is 6.26. The lowest BCUT2D eigenvalue weighted by Crippen LogP contribution is -2.36. The van der Waals surface area contributed by atoms with E-state index in [9.17, 15) is 4.79 Å². The quantitative estimate of drug-likeness (QED) is 0.391. The van der Waals surface area contributed by atoms with E-state index in [0.29, 0.717) is 19.8 Å². The molecule has 0 amide bonds. The first-order valence-corrected chi connectivity index (χ1v) is 13.2. The third-order valence-electron chi connectivity index (χ3n) is 7.09. The van der Waals surface area contributed by atoms with Gasteiger partial charge < -0.3 is 14.2 Å². The molecule has 5 rings (SSSR count). The highest BCUT2D eigenvalue weighted by Crippen LogP contribution is 2.48. The first-order valence-electron chi connectivity index (χ1n) is 12.4. The zero-order valence-electron chi connectivity index (χ0n) is 20.5. The van der Waals surface area contributed by atoms with Gasteiger partial charge in [-0.05, 0) is 55.9 Å². The topological polar surface area (TPSA) is 57.7 Å². The van der Waals surface area contributed by atoms with Gasteiger partial charge in [-0.3, -0.25) is 4.79 Å². The molecule has 0 radical (unpaired) electrons. The van der Waals surface area contributed by atoms with Gasteiger partial charge in [0.1, 0.15) is 4.83 Å². The van der Waals surface area contributed by atoms with E-state index in [2.05, 4.69) is 38.1 Å². The molecule has 3 aromatic rings. The Bertz CT molecular complexity index is 1210. The normalized spacial score (nSPS) is 17.8. The van der Waals surface area contributed by atoms with Gasteiger partial charge in [-0.1, -0.05) is 43.2 Å². The standard InChI is InChI=1S/C28H33NO4S/c1-5-7-21(27(30)31-6-2)23-18(4)29-26-25(24(23)19-10-8-17(3)9-11-19)20-12-13-28(16-22(20)34-26)32-14-15-33-28/h8-11,21H,5-7,12-16H2,1-4H3. The van der Waals surface area contributed by atoms with Gasteiger partial charge in [0, 0.05) is 28.8 Å². The molecule has 2 aliphatic rings. The first kappa shape index (κ1) is 23.5. The minimum Gasteiger partial charge on any atom is -0.466 e. The second kappa shape index (κ2) is 9.40. The van der Waals surface area contributed by atoms with Crippen LogP contribution in [0.4, 0.5) is 0 Å². The number of aryl methyl sites for hydroxylation is 3. The van der Waals surface area contributed by atoms with Crippen molar-refractivity contribution in [3.05, 3.63) is 51.5 Å². The smallest absolute Gasteiger partial charge is 0.313 e. The van der Waals surface area contributed by atoms with Crippen LogP contribution < -0.4 is 0 Å². The Balaban J connectivity index is 1.76. The maximum atomic E-state index is 13.2. The molecule has 34 heavy (non-hydrogen) atoms. The number of carbonyl (C=O) groups is 1. The summed E-state index contributed by atoms with van der Waals surface area (Å²) in [7, 11) is 0. The molecule has 1 unspecified atom stereocenters. The van der Waals surface area contributed by atoms with Crippen LogP contribution in [0.2, 0.25) is 0 Å². The molecule has 2 aromatic heterocycles. The number of carbonyl (C=O) groups excluding carboxylic acids is 1. The molecule has 1 saturated heterocycles. The number of hydrogen-bond acceptors (Lipinski definition) is 6. The molecule has 1 spiro atoms. The number of esters is 1. The molecule has 0 saturated carbocycles. The van der Waals surface area contributed by atoms with Crippen LogP contribution in [0.5, 0.6) is 0 Å². The van der Waals surface area contributed by atoms with Crippen molar-refractivity contribution >= 4 is 27.5 Å². The van der Waals surface area contributed by atoms with Crippen molar-refractivity contribution in [2.24, 2.45) is 0 Å². The van der Waals surface area contributed by atoms with Gasteiger partial charge in [0.15, 0.2) is 5.79 Å². The number of rotatable bonds is 6. The van der Waals surface area contributed by atoms with Crippen LogP contribution in [0.25, 0.3) is 21.3 Å². The molecule has 6 heteroatoms. The summed E-state index contributed by atoms with van der Waals surface area (Å²) in [5, 5.41) is 1.20. The second-order valence-electron chi connectivity index (χ2n) is 9.41. The molecule has 1 aromatic carbocycles. The van der Waals surface area contributed by atoms with Crippen LogP contribution in [0, 0.1) is 13.8 Å². The van der Waals surface area contributed by atoms with E-state index in [1.165, 1.54) is 21.4 Å². The first-order chi connectivity index (χ1) is 16.5. The molecular weight excluding hydrogens is 446 g/mol. The van der Waals surface area contributed by atoms with Crippen LogP contribution in [-0.4, -0.2) is 36.6 Å². The van der Waals surface area contributed by atoms with Crippen molar-refractivity contribution in [3.8, 4) is 11.1 Å². The fourth-order valence-electron chi connectivity index (χ4n) is 5.52. The summed E-state index contributed by atoms with van der Waals surface area (Å²) in [4.78, 5) is 20.6. The van der Waals surface area contributed by atoms with Crippen LogP contribution in [-0.2, 0) is 31.8 Å². The zero-order chi connectivity index (χ0) is 23.9. The van der Waals surface area contributed by atoms with Gasteiger partial charge in [-0.2, -0.15) is 0 Å². The third kappa shape index (κ3) is 4.06. The zero-order valence-corrected chi connectivity index (χ0v) is 21.3. The number of hydrogen-bond donors (Lipinski definition) is 0. The lowest BCUT2D eigenvalue weighted by molar-refractivity contribution is -0.163. The van der Waals surface area contributed by atoms with Crippen molar-refractivity contribution in [1.82, 2.24) is 4.98 Å². The number of ether oxygens (including phenoxy) is 3. The molecule has 0 bridgehead atoms. The van der Waals surface area contributed by atoms with Crippen molar-refractivity contribution < 1.29 is 19.0 Å². The van der Waals surface area contributed by atoms with E-state index in [1.807, 2.05) is 13.8 Å². The van der Waals surface area contributed by atoms with E-state index >= 15 is 0 Å². The summed E-state index contributed by atoms with van der Waals surface area (Å²) in [6, 6.07) is 8.65. The molecule has 3 heterocycles. The monoisotopic (exact) mass is 479 g/mol. The Labute approximate surface area is 205 Å². The fraction of sp³-hybridized carbons (Fsp3) is 0.500. The number of thiophene rings is 1. The Morgan fingerprint density at radius 3 is 2.59 bits per heavy atom. The van der Waals surface area contributed by atoms with Gasteiger partial charge in [-0.25, -0.2) is 4.98 Å². The number of benzene rings is 1. The lowest BCUT2D eigenvalue weighted by Gasteiger charge is -2.31. The molecule has 5 nitrogen and oxygen atoms in total. The number of fused-ring (bicyclic) bond motifs is 3. The van der Waals surface area contributed by atoms with Crippen molar-refractivity contribution in [2.45, 2.75) is 71.5 Å². The van der Waals surface area contributed by atoms with Crippen molar-refractivity contribution in [3.63, 3.8) is 0 Å². The molecule has 1 aliphatic carbocycles. The predicted molar refractivity (Wildman–Crippen MR) is 135 cm³/mol. The molecule has 1 atom stereocenters. The van der Waals surface area contributed by atoms with Gasteiger partial charge in [0.2, 0.25) is 0 Å². The average molecular weight is 480 g/mol. The maximum absolute atomic E-state index is 13.2. The number of aromatic nitrogens is 1. The molecule has 180 valence electrons. The molecule has 0 N–H and O–H groups in total. The highest BCUT2D eigenvalue weighted by atomic mass is 32.1. The summed E-state index contributed by atoms with van der Waals surface area (Å²) in [6.07, 6.45) is 4.13. The van der Waals surface area contributed by atoms with E-state index in [0.717, 1.165) is 59.3 Å². The van der Waals surface area contributed by atoms with E-state index in [-0.39, 0.29) is 11.9 Å². The average Bonchev–Trinajstić information content (AvgIpc) is 3.41. The summed E-state index contributed by atoms with van der Waals surface area (Å²) < 4.78 is 17.6. The fourth-order valence-corrected chi connectivity index (χ4v) is 6.88. The van der Waals surface area contributed by atoms with Crippen LogP contribution >= 0.6 is 11.3 Å². The molecule has 1 fully saturated rings. The highest BCUT2D eigenvalue weighted by molar-refractivity contribution is 7.19. The number of nitrogens with zero attached hydrogens (tertiary/aromatic N) is 1. The van der Waals surface area contributed by atoms with Crippen LogP contribution in [0.3, 0.4) is 0 Å². The van der Waals surface area contributed by atoms with Crippen molar-refractivity contribution in [1.29, 1.82) is 0 Å². The molecular formula is C28H33NO4S. The van der Waals surface area contributed by atoms with Crippen LogP contribution in [0.15, 0.2) is 24.3 Å². The van der Waals surface area contributed by atoms with Gasteiger partial charge in [0.25, 0.3) is 0 Å². The largest absolute Gasteiger partial charge is 0.466 e. The Morgan fingerprint density at radius 2 is 1.91 bits per heavy atom. The maximum Gasteiger partial charge on any atom is 0.313 e. The minimum absolute atomic E-state index is 0.155. The van der Waals surface area contributed by atoms with E-state index < -0.39 is 5.79 Å². The summed E-state index contributed by atoms with van der Waals surface area (Å²) in [5.74, 6) is -0.964.